The summed E-state index contributed by atoms with van der Waals surface area (Å²) in [5, 5.41) is 17.7. The molecule has 39 heavy (non-hydrogen) atoms. The van der Waals surface area contributed by atoms with Gasteiger partial charge in [0, 0.05) is 29.1 Å². The van der Waals surface area contributed by atoms with Crippen LogP contribution in [0.3, 0.4) is 0 Å². The van der Waals surface area contributed by atoms with Gasteiger partial charge in [-0.1, -0.05) is 24.8 Å². The van der Waals surface area contributed by atoms with Crippen LogP contribution >= 0.6 is 12.6 Å². The molecular weight excluding hydrogens is 508 g/mol. The molecule has 9 heteroatoms. The van der Waals surface area contributed by atoms with E-state index in [2.05, 4.69) is 33.2 Å². The Morgan fingerprint density at radius 3 is 2.62 bits per heavy atom. The first-order valence-electron chi connectivity index (χ1n) is 13.1. The number of anilines is 2. The molecule has 1 aromatic heterocycles. The molecule has 1 unspecified atom stereocenters. The van der Waals surface area contributed by atoms with Crippen molar-refractivity contribution in [3.8, 4) is 23.1 Å². The molecule has 1 aliphatic carbocycles. The van der Waals surface area contributed by atoms with Crippen LogP contribution in [-0.4, -0.2) is 55.0 Å². The molecule has 1 atom stereocenters. The topological polar surface area (TPSA) is 116 Å². The van der Waals surface area contributed by atoms with E-state index in [1.54, 1.807) is 13.2 Å². The summed E-state index contributed by atoms with van der Waals surface area (Å²) in [5.74, 6) is 0.903. The number of nitrogens with two attached hydrogens (primary N) is 1. The smallest absolute Gasteiger partial charge is 0.272 e. The molecule has 1 saturated carbocycles. The Balaban J connectivity index is 1.57. The van der Waals surface area contributed by atoms with Crippen LogP contribution in [0.4, 0.5) is 11.4 Å². The number of hydrogen-bond donors (Lipinski definition) is 4. The zero-order valence-corrected chi connectivity index (χ0v) is 23.6. The highest BCUT2D eigenvalue weighted by atomic mass is 32.1. The number of amides is 1. The van der Waals surface area contributed by atoms with Gasteiger partial charge in [0.25, 0.3) is 5.91 Å². The summed E-state index contributed by atoms with van der Waals surface area (Å²) in [7, 11) is 5.69. The van der Waals surface area contributed by atoms with Gasteiger partial charge in [-0.3, -0.25) is 9.69 Å². The van der Waals surface area contributed by atoms with Gasteiger partial charge in [-0.25, -0.2) is 4.98 Å². The number of ether oxygens (including phenoxy) is 1. The lowest BCUT2D eigenvalue weighted by Crippen LogP contribution is -2.41. The lowest BCUT2D eigenvalue weighted by atomic mass is 9.85. The minimum absolute atomic E-state index is 0.0891. The van der Waals surface area contributed by atoms with Crippen LogP contribution < -0.4 is 21.1 Å². The first-order chi connectivity index (χ1) is 18.7. The average Bonchev–Trinajstić information content (AvgIpc) is 2.95. The maximum absolute atomic E-state index is 13.2. The number of carbonyl (C=O) groups excluding carboxylic acids is 1. The van der Waals surface area contributed by atoms with Crippen molar-refractivity contribution in [1.29, 1.82) is 5.26 Å². The Labute approximate surface area is 235 Å². The van der Waals surface area contributed by atoms with Crippen LogP contribution in [0, 0.1) is 17.2 Å². The van der Waals surface area contributed by atoms with Gasteiger partial charge in [0.1, 0.15) is 5.75 Å². The zero-order valence-electron chi connectivity index (χ0n) is 22.7. The van der Waals surface area contributed by atoms with Crippen molar-refractivity contribution in [3.05, 3.63) is 60.3 Å². The van der Waals surface area contributed by atoms with E-state index in [9.17, 15) is 4.79 Å². The summed E-state index contributed by atoms with van der Waals surface area (Å²) >= 11 is 4.73. The van der Waals surface area contributed by atoms with Crippen molar-refractivity contribution in [2.75, 3.05) is 38.8 Å². The number of thiol groups is 1. The Kier molecular flexibility index (Phi) is 9.00. The molecular formula is C30H36N6O2S. The summed E-state index contributed by atoms with van der Waals surface area (Å²) in [6, 6.07) is 15.5. The lowest BCUT2D eigenvalue weighted by Gasteiger charge is -2.34. The Bertz CT molecular complexity index is 1410. The number of pyridine rings is 1. The molecule has 0 radical (unpaired) electrons. The number of methoxy groups -OCH3 is 1. The number of nitrogens with one attached hydrogen (secondary N) is 2. The largest absolute Gasteiger partial charge is 0.495 e. The molecule has 2 aromatic carbocycles. The normalized spacial score (nSPS) is 17.8. The van der Waals surface area contributed by atoms with Crippen molar-refractivity contribution >= 4 is 40.7 Å². The minimum atomic E-state index is -0.257. The lowest BCUT2D eigenvalue weighted by molar-refractivity contribution is 0.0913. The van der Waals surface area contributed by atoms with Gasteiger partial charge < -0.3 is 21.1 Å². The predicted octanol–water partition coefficient (Wildman–Crippen LogP) is 5.09. The number of nitrogen functional groups attached to an aromatic ring is 1. The van der Waals surface area contributed by atoms with E-state index in [1.807, 2.05) is 50.5 Å². The molecule has 204 valence electrons. The highest BCUT2D eigenvalue weighted by Gasteiger charge is 2.28. The van der Waals surface area contributed by atoms with E-state index in [0.29, 0.717) is 35.2 Å². The van der Waals surface area contributed by atoms with Gasteiger partial charge in [-0.05, 0) is 75.3 Å². The molecule has 1 fully saturated rings. The van der Waals surface area contributed by atoms with Gasteiger partial charge in [0.05, 0.1) is 35.6 Å². The fraction of sp³-hybridized carbons (Fsp3) is 0.367. The summed E-state index contributed by atoms with van der Waals surface area (Å²) in [4.78, 5) is 20.0. The standard InChI is InChI=1S/C30H36N6O2S/c1-18(16-31)17-33-27-23-15-21(6-5-19(23)9-14-26(27)38-4)25-13-12-24(32)28(35-25)29(37)34-22-10-7-20(8-11-22)30(39)36(2)3/h5-6,9,12-15,20,22,30,33,39H,1,7-8,10-11,17,32H2,2-4H3,(H,34,37). The molecule has 3 aromatic rings. The number of nitriles is 1. The highest BCUT2D eigenvalue weighted by Crippen LogP contribution is 2.36. The Morgan fingerprint density at radius 2 is 1.95 bits per heavy atom. The number of benzene rings is 2. The van der Waals surface area contributed by atoms with Crippen molar-refractivity contribution in [2.45, 2.75) is 37.1 Å². The Morgan fingerprint density at radius 1 is 1.23 bits per heavy atom. The van der Waals surface area contributed by atoms with Crippen molar-refractivity contribution in [1.82, 2.24) is 15.2 Å². The van der Waals surface area contributed by atoms with E-state index in [1.165, 1.54) is 0 Å². The van der Waals surface area contributed by atoms with Crippen LogP contribution in [-0.2, 0) is 0 Å². The summed E-state index contributed by atoms with van der Waals surface area (Å²) in [6.45, 7) is 4.05. The maximum atomic E-state index is 13.2. The van der Waals surface area contributed by atoms with E-state index in [4.69, 9.17) is 28.4 Å². The van der Waals surface area contributed by atoms with Crippen molar-refractivity contribution in [2.24, 2.45) is 5.92 Å². The van der Waals surface area contributed by atoms with E-state index in [0.717, 1.165) is 47.7 Å². The van der Waals surface area contributed by atoms with Gasteiger partial charge in [0.2, 0.25) is 0 Å². The molecule has 8 nitrogen and oxygen atoms in total. The van der Waals surface area contributed by atoms with Crippen LogP contribution in [0.1, 0.15) is 36.2 Å². The molecule has 4 rings (SSSR count). The van der Waals surface area contributed by atoms with E-state index < -0.39 is 0 Å². The van der Waals surface area contributed by atoms with Crippen molar-refractivity contribution in [3.63, 3.8) is 0 Å². The second kappa shape index (κ2) is 12.4. The first-order valence-corrected chi connectivity index (χ1v) is 13.6. The van der Waals surface area contributed by atoms with Crippen LogP contribution in [0.2, 0.25) is 0 Å². The number of rotatable bonds is 9. The number of fused-ring (bicyclic) bond motifs is 1. The number of nitrogens with zero attached hydrogens (tertiary/aromatic N) is 3. The fourth-order valence-electron chi connectivity index (χ4n) is 5.10. The van der Waals surface area contributed by atoms with Crippen molar-refractivity contribution < 1.29 is 9.53 Å². The number of carbonyl (C=O) groups is 1. The molecule has 1 amide bonds. The maximum Gasteiger partial charge on any atom is 0.272 e. The zero-order chi connectivity index (χ0) is 28.1. The third-order valence-corrected chi connectivity index (χ3v) is 8.22. The van der Waals surface area contributed by atoms with Gasteiger partial charge in [-0.2, -0.15) is 17.9 Å². The molecule has 1 aliphatic rings. The molecule has 0 bridgehead atoms. The second-order valence-corrected chi connectivity index (χ2v) is 10.8. The minimum Gasteiger partial charge on any atom is -0.495 e. The van der Waals surface area contributed by atoms with Gasteiger partial charge in [0.15, 0.2) is 5.69 Å². The number of aromatic nitrogens is 1. The van der Waals surface area contributed by atoms with Gasteiger partial charge in [-0.15, -0.1) is 0 Å². The second-order valence-electron chi connectivity index (χ2n) is 10.2. The molecule has 4 N–H and O–H groups in total. The quantitative estimate of drug-likeness (QED) is 0.168. The summed E-state index contributed by atoms with van der Waals surface area (Å²) in [6.07, 6.45) is 3.83. The third-order valence-electron chi connectivity index (χ3n) is 7.33. The fourth-order valence-corrected chi connectivity index (χ4v) is 5.39. The SMILES string of the molecule is C=C(C#N)CNc1c(OC)ccc2ccc(-c3ccc(N)c(C(=O)NC4CCC(C(S)N(C)C)CC4)n3)cc12. The van der Waals surface area contributed by atoms with E-state index >= 15 is 0 Å². The average molecular weight is 545 g/mol. The monoisotopic (exact) mass is 544 g/mol. The van der Waals surface area contributed by atoms with Gasteiger partial charge >= 0.3 is 0 Å². The first kappa shape index (κ1) is 28.3. The van der Waals surface area contributed by atoms with Crippen LogP contribution in [0.15, 0.2) is 54.6 Å². The molecule has 0 spiro atoms. The Hall–Kier alpha value is -3.74. The molecule has 0 saturated heterocycles. The summed E-state index contributed by atoms with van der Waals surface area (Å²) < 4.78 is 5.57. The third kappa shape index (κ3) is 6.47. The molecule has 1 heterocycles. The van der Waals surface area contributed by atoms with Crippen LogP contribution in [0.25, 0.3) is 22.0 Å². The number of hydrogen-bond acceptors (Lipinski definition) is 8. The highest BCUT2D eigenvalue weighted by molar-refractivity contribution is 7.80. The van der Waals surface area contributed by atoms with E-state index in [-0.39, 0.29) is 23.0 Å². The summed E-state index contributed by atoms with van der Waals surface area (Å²) in [5.41, 5.74) is 9.41. The van der Waals surface area contributed by atoms with Crippen LogP contribution in [0.5, 0.6) is 5.75 Å². The predicted molar refractivity (Wildman–Crippen MR) is 161 cm³/mol. The molecule has 0 aliphatic heterocycles.